The molecule has 0 radical (unpaired) electrons. The summed E-state index contributed by atoms with van der Waals surface area (Å²) in [6.07, 6.45) is 10.2. The lowest BCUT2D eigenvalue weighted by Crippen LogP contribution is -1.87. The second kappa shape index (κ2) is 12.0. The lowest BCUT2D eigenvalue weighted by Gasteiger charge is -2.02. The van der Waals surface area contributed by atoms with Crippen molar-refractivity contribution >= 4 is 8.03 Å². The van der Waals surface area contributed by atoms with E-state index in [0.29, 0.717) is 6.61 Å². The number of rotatable bonds is 11. The van der Waals surface area contributed by atoms with Crippen molar-refractivity contribution in [1.29, 1.82) is 0 Å². The van der Waals surface area contributed by atoms with Gasteiger partial charge in [0.05, 0.1) is 6.61 Å². The lowest BCUT2D eigenvalue weighted by atomic mass is 10.1. The van der Waals surface area contributed by atoms with Gasteiger partial charge in [-0.15, -0.1) is 0 Å². The molecule has 1 unspecified atom stereocenters. The molecule has 0 saturated carbocycles. The maximum Gasteiger partial charge on any atom is 0.213 e. The van der Waals surface area contributed by atoms with E-state index in [9.17, 15) is 4.57 Å². The molecule has 0 heterocycles. The Bertz CT molecular complexity index is 169. The minimum atomic E-state index is -1.92. The molecule has 0 aliphatic heterocycles. The van der Waals surface area contributed by atoms with Crippen molar-refractivity contribution in [3.05, 3.63) is 12.4 Å². The third-order valence-electron chi connectivity index (χ3n) is 2.41. The van der Waals surface area contributed by atoms with Gasteiger partial charge in [0.15, 0.2) is 0 Å². The standard InChI is InChI=1S/C12H25O2P/c1-3-5-6-7-8-9-10-11-12-14-15(13)4-2/h4,15H,2-3,5-12H2,1H3. The second-order valence-corrected chi connectivity index (χ2v) is 5.18. The summed E-state index contributed by atoms with van der Waals surface area (Å²) in [5.74, 6) is 1.40. The Kier molecular flexibility index (Phi) is 11.9. The Balaban J connectivity index is 2.98. The summed E-state index contributed by atoms with van der Waals surface area (Å²) in [6, 6.07) is 0. The normalized spacial score (nSPS) is 12.6. The van der Waals surface area contributed by atoms with E-state index < -0.39 is 8.03 Å². The number of hydrogen-bond donors (Lipinski definition) is 0. The highest BCUT2D eigenvalue weighted by atomic mass is 31.1. The largest absolute Gasteiger partial charge is 0.328 e. The molecule has 0 aliphatic rings. The Morgan fingerprint density at radius 2 is 1.60 bits per heavy atom. The molecule has 0 N–H and O–H groups in total. The Hall–Kier alpha value is -0.0700. The van der Waals surface area contributed by atoms with Gasteiger partial charge in [0.1, 0.15) is 0 Å². The molecular formula is C12H25O2P. The molecular weight excluding hydrogens is 207 g/mol. The first-order valence-electron chi connectivity index (χ1n) is 6.10. The van der Waals surface area contributed by atoms with Crippen LogP contribution in [-0.2, 0) is 9.09 Å². The Labute approximate surface area is 95.0 Å². The maximum absolute atomic E-state index is 10.9. The zero-order valence-electron chi connectivity index (χ0n) is 9.96. The van der Waals surface area contributed by atoms with Crippen LogP contribution in [0.5, 0.6) is 0 Å². The van der Waals surface area contributed by atoms with E-state index in [-0.39, 0.29) is 0 Å². The van der Waals surface area contributed by atoms with Crippen LogP contribution in [0.2, 0.25) is 0 Å². The summed E-state index contributed by atoms with van der Waals surface area (Å²) < 4.78 is 15.9. The van der Waals surface area contributed by atoms with Crippen LogP contribution in [-0.4, -0.2) is 6.61 Å². The smallest absolute Gasteiger partial charge is 0.213 e. The van der Waals surface area contributed by atoms with Gasteiger partial charge in [-0.25, -0.2) is 0 Å². The second-order valence-electron chi connectivity index (χ2n) is 3.85. The molecule has 0 aromatic carbocycles. The van der Waals surface area contributed by atoms with Crippen LogP contribution < -0.4 is 0 Å². The van der Waals surface area contributed by atoms with Crippen LogP contribution in [0.15, 0.2) is 12.4 Å². The third kappa shape index (κ3) is 11.9. The Morgan fingerprint density at radius 3 is 2.13 bits per heavy atom. The zero-order chi connectivity index (χ0) is 11.4. The van der Waals surface area contributed by atoms with E-state index in [1.807, 2.05) is 0 Å². The maximum atomic E-state index is 10.9. The minimum absolute atomic E-state index is 0.624. The summed E-state index contributed by atoms with van der Waals surface area (Å²) in [4.78, 5) is 0. The van der Waals surface area contributed by atoms with Gasteiger partial charge in [-0.1, -0.05) is 58.4 Å². The molecule has 2 nitrogen and oxygen atoms in total. The van der Waals surface area contributed by atoms with E-state index in [1.165, 1.54) is 50.8 Å². The van der Waals surface area contributed by atoms with E-state index in [0.717, 1.165) is 6.42 Å². The van der Waals surface area contributed by atoms with Crippen molar-refractivity contribution in [2.24, 2.45) is 0 Å². The van der Waals surface area contributed by atoms with Crippen molar-refractivity contribution in [3.63, 3.8) is 0 Å². The molecule has 1 atom stereocenters. The van der Waals surface area contributed by atoms with E-state index in [4.69, 9.17) is 4.52 Å². The topological polar surface area (TPSA) is 26.3 Å². The van der Waals surface area contributed by atoms with Gasteiger partial charge in [0, 0.05) is 0 Å². The van der Waals surface area contributed by atoms with Gasteiger partial charge in [-0.2, -0.15) is 0 Å². The fraction of sp³-hybridized carbons (Fsp3) is 0.833. The quantitative estimate of drug-likeness (QED) is 0.379. The van der Waals surface area contributed by atoms with Gasteiger partial charge >= 0.3 is 0 Å². The molecule has 0 aromatic rings. The fourth-order valence-corrected chi connectivity index (χ4v) is 1.93. The summed E-state index contributed by atoms with van der Waals surface area (Å²) >= 11 is 0. The van der Waals surface area contributed by atoms with Crippen LogP contribution in [0.25, 0.3) is 0 Å². The van der Waals surface area contributed by atoms with Crippen molar-refractivity contribution in [2.75, 3.05) is 6.61 Å². The van der Waals surface area contributed by atoms with Gasteiger partial charge in [-0.3, -0.25) is 4.57 Å². The average molecular weight is 232 g/mol. The highest BCUT2D eigenvalue weighted by Crippen LogP contribution is 2.22. The molecule has 0 aromatic heterocycles. The predicted octanol–water partition coefficient (Wildman–Crippen LogP) is 4.76. The van der Waals surface area contributed by atoms with Gasteiger partial charge in [-0.05, 0) is 12.2 Å². The molecule has 0 saturated heterocycles. The average Bonchev–Trinajstić information content (AvgIpc) is 2.26. The number of unbranched alkanes of at least 4 members (excludes halogenated alkanes) is 7. The summed E-state index contributed by atoms with van der Waals surface area (Å²) in [7, 11) is -1.92. The molecule has 0 fully saturated rings. The summed E-state index contributed by atoms with van der Waals surface area (Å²) in [5, 5.41) is 0. The first-order valence-corrected chi connectivity index (χ1v) is 7.49. The first kappa shape index (κ1) is 14.9. The summed E-state index contributed by atoms with van der Waals surface area (Å²) in [5.41, 5.74) is 0. The molecule has 0 aliphatic carbocycles. The molecule has 3 heteroatoms. The fourth-order valence-electron chi connectivity index (χ4n) is 1.47. The molecule has 0 rings (SSSR count). The first-order chi connectivity index (χ1) is 7.31. The molecule has 0 amide bonds. The van der Waals surface area contributed by atoms with Gasteiger partial charge < -0.3 is 4.52 Å². The molecule has 90 valence electrons. The van der Waals surface area contributed by atoms with Crippen LogP contribution in [0, 0.1) is 0 Å². The SMILES string of the molecule is C=C[PH](=O)OCCCCCCCCCC. The number of hydrogen-bond acceptors (Lipinski definition) is 2. The predicted molar refractivity (Wildman–Crippen MR) is 67.8 cm³/mol. The molecule has 0 bridgehead atoms. The van der Waals surface area contributed by atoms with Crippen LogP contribution >= 0.6 is 8.03 Å². The van der Waals surface area contributed by atoms with Crippen molar-refractivity contribution in [2.45, 2.75) is 58.3 Å². The zero-order valence-corrected chi connectivity index (χ0v) is 11.0. The van der Waals surface area contributed by atoms with E-state index in [1.54, 1.807) is 0 Å². The highest BCUT2D eigenvalue weighted by Gasteiger charge is 1.94. The van der Waals surface area contributed by atoms with E-state index >= 15 is 0 Å². The minimum Gasteiger partial charge on any atom is -0.328 e. The lowest BCUT2D eigenvalue weighted by molar-refractivity contribution is 0.320. The van der Waals surface area contributed by atoms with Crippen molar-refractivity contribution in [3.8, 4) is 0 Å². The van der Waals surface area contributed by atoms with Crippen LogP contribution in [0.3, 0.4) is 0 Å². The van der Waals surface area contributed by atoms with E-state index in [2.05, 4.69) is 13.5 Å². The van der Waals surface area contributed by atoms with Crippen molar-refractivity contribution in [1.82, 2.24) is 0 Å². The monoisotopic (exact) mass is 232 g/mol. The van der Waals surface area contributed by atoms with Crippen LogP contribution in [0.1, 0.15) is 58.3 Å². The third-order valence-corrected chi connectivity index (χ3v) is 3.23. The van der Waals surface area contributed by atoms with Crippen LogP contribution in [0.4, 0.5) is 0 Å². The van der Waals surface area contributed by atoms with Crippen molar-refractivity contribution < 1.29 is 9.09 Å². The van der Waals surface area contributed by atoms with Gasteiger partial charge in [0.2, 0.25) is 8.03 Å². The highest BCUT2D eigenvalue weighted by molar-refractivity contribution is 7.42. The molecule has 15 heavy (non-hydrogen) atoms. The molecule has 0 spiro atoms. The Morgan fingerprint density at radius 1 is 1.07 bits per heavy atom. The van der Waals surface area contributed by atoms with Gasteiger partial charge in [0.25, 0.3) is 0 Å². The summed E-state index contributed by atoms with van der Waals surface area (Å²) in [6.45, 7) is 6.28.